The van der Waals surface area contributed by atoms with Gasteiger partial charge in [-0.15, -0.1) is 17.9 Å². The van der Waals surface area contributed by atoms with E-state index in [-0.39, 0.29) is 24.2 Å². The first kappa shape index (κ1) is 23.3. The average Bonchev–Trinajstić information content (AvgIpc) is 3.42. The number of nitrogens with zero attached hydrogens (tertiary/aromatic N) is 2. The number of carbonyl (C=O) groups excluding carboxylic acids is 2. The van der Waals surface area contributed by atoms with Crippen molar-refractivity contribution in [2.24, 2.45) is 0 Å². The minimum atomic E-state index is -0.610. The number of rotatable bonds is 8. The van der Waals surface area contributed by atoms with Crippen molar-refractivity contribution in [2.75, 3.05) is 13.6 Å². The standard InChI is InChI=1S/C26H25N3O4S/c1-4-11-27-25(31)21-15-29(13-19-10-9-17(2)33-19)16-22(24(21)30)26(32)28(3)14-20-12-18-7-5-6-8-23(18)34-20/h4-10,12,15-16H,1,11,13-14H2,2-3H3,(H,27,31). The molecule has 0 radical (unpaired) electrons. The molecule has 0 aliphatic carbocycles. The van der Waals surface area contributed by atoms with Crippen LogP contribution in [0.25, 0.3) is 10.1 Å². The minimum Gasteiger partial charge on any atom is -0.464 e. The Morgan fingerprint density at radius 3 is 2.65 bits per heavy atom. The van der Waals surface area contributed by atoms with Crippen LogP contribution in [0, 0.1) is 6.92 Å². The van der Waals surface area contributed by atoms with E-state index >= 15 is 0 Å². The van der Waals surface area contributed by atoms with E-state index in [9.17, 15) is 14.4 Å². The molecule has 8 heteroatoms. The highest BCUT2D eigenvalue weighted by Gasteiger charge is 2.22. The average molecular weight is 476 g/mol. The van der Waals surface area contributed by atoms with Crippen molar-refractivity contribution in [3.05, 3.63) is 105 Å². The van der Waals surface area contributed by atoms with Gasteiger partial charge in [-0.05, 0) is 36.6 Å². The number of fused-ring (bicyclic) bond motifs is 1. The van der Waals surface area contributed by atoms with E-state index in [2.05, 4.69) is 11.9 Å². The Balaban J connectivity index is 1.66. The Morgan fingerprint density at radius 2 is 1.94 bits per heavy atom. The Morgan fingerprint density at radius 1 is 1.18 bits per heavy atom. The Kier molecular flexibility index (Phi) is 6.79. The molecule has 0 saturated carbocycles. The fourth-order valence-corrected chi connectivity index (χ4v) is 4.79. The summed E-state index contributed by atoms with van der Waals surface area (Å²) in [5, 5.41) is 3.73. The summed E-state index contributed by atoms with van der Waals surface area (Å²) in [4.78, 5) is 41.6. The summed E-state index contributed by atoms with van der Waals surface area (Å²) in [6, 6.07) is 13.7. The largest absolute Gasteiger partial charge is 0.464 e. The van der Waals surface area contributed by atoms with Crippen molar-refractivity contribution in [3.8, 4) is 0 Å². The van der Waals surface area contributed by atoms with E-state index in [4.69, 9.17) is 4.42 Å². The molecule has 1 aromatic carbocycles. The number of aromatic nitrogens is 1. The summed E-state index contributed by atoms with van der Waals surface area (Å²) in [6.45, 7) is 6.24. The highest BCUT2D eigenvalue weighted by atomic mass is 32.1. The maximum atomic E-state index is 13.3. The number of benzene rings is 1. The molecule has 0 bridgehead atoms. The molecule has 3 aromatic heterocycles. The van der Waals surface area contributed by atoms with Crippen molar-refractivity contribution >= 4 is 33.2 Å². The smallest absolute Gasteiger partial charge is 0.259 e. The van der Waals surface area contributed by atoms with Gasteiger partial charge < -0.3 is 19.2 Å². The van der Waals surface area contributed by atoms with Gasteiger partial charge in [-0.25, -0.2) is 0 Å². The Labute approximate surface area is 200 Å². The molecule has 174 valence electrons. The molecule has 0 atom stereocenters. The van der Waals surface area contributed by atoms with E-state index in [0.717, 1.165) is 20.7 Å². The first-order valence-corrected chi connectivity index (χ1v) is 11.6. The van der Waals surface area contributed by atoms with Crippen molar-refractivity contribution in [1.82, 2.24) is 14.8 Å². The summed E-state index contributed by atoms with van der Waals surface area (Å²) >= 11 is 1.60. The third-order valence-electron chi connectivity index (χ3n) is 5.31. The van der Waals surface area contributed by atoms with Gasteiger partial charge in [-0.1, -0.05) is 24.3 Å². The first-order chi connectivity index (χ1) is 16.4. The second kappa shape index (κ2) is 9.93. The fourth-order valence-electron chi connectivity index (χ4n) is 3.67. The van der Waals surface area contributed by atoms with Crippen molar-refractivity contribution in [3.63, 3.8) is 0 Å². The summed E-state index contributed by atoms with van der Waals surface area (Å²) in [5.74, 6) is 0.385. The number of pyridine rings is 1. The van der Waals surface area contributed by atoms with Crippen LogP contribution >= 0.6 is 11.3 Å². The van der Waals surface area contributed by atoms with Crippen LogP contribution in [0.1, 0.15) is 37.1 Å². The van der Waals surface area contributed by atoms with Crippen LogP contribution in [-0.4, -0.2) is 34.9 Å². The molecule has 7 nitrogen and oxygen atoms in total. The van der Waals surface area contributed by atoms with Gasteiger partial charge in [0.05, 0.1) is 13.1 Å². The van der Waals surface area contributed by atoms with Gasteiger partial charge in [0.1, 0.15) is 22.6 Å². The van der Waals surface area contributed by atoms with Crippen LogP contribution in [0.4, 0.5) is 0 Å². The van der Waals surface area contributed by atoms with Gasteiger partial charge in [0.2, 0.25) is 5.43 Å². The van der Waals surface area contributed by atoms with E-state index in [1.807, 2.05) is 49.4 Å². The van der Waals surface area contributed by atoms with Crippen LogP contribution in [-0.2, 0) is 13.1 Å². The zero-order valence-corrected chi connectivity index (χ0v) is 19.9. The first-order valence-electron chi connectivity index (χ1n) is 10.8. The number of hydrogen-bond acceptors (Lipinski definition) is 5. The molecule has 1 N–H and O–H groups in total. The number of furan rings is 1. The second-order valence-electron chi connectivity index (χ2n) is 8.01. The van der Waals surface area contributed by atoms with Crippen LogP contribution < -0.4 is 10.7 Å². The van der Waals surface area contributed by atoms with Crippen LogP contribution in [0.2, 0.25) is 0 Å². The second-order valence-corrected chi connectivity index (χ2v) is 9.18. The lowest BCUT2D eigenvalue weighted by Crippen LogP contribution is -2.36. The van der Waals surface area contributed by atoms with Gasteiger partial charge in [0.25, 0.3) is 11.8 Å². The quantitative estimate of drug-likeness (QED) is 0.387. The van der Waals surface area contributed by atoms with Crippen LogP contribution in [0.15, 0.2) is 76.7 Å². The van der Waals surface area contributed by atoms with E-state index in [0.29, 0.717) is 12.3 Å². The predicted octanol–water partition coefficient (Wildman–Crippen LogP) is 4.20. The third kappa shape index (κ3) is 5.02. The number of thiophene rings is 1. The highest BCUT2D eigenvalue weighted by Crippen LogP contribution is 2.26. The van der Waals surface area contributed by atoms with Crippen molar-refractivity contribution in [2.45, 2.75) is 20.0 Å². The lowest BCUT2D eigenvalue weighted by atomic mass is 10.1. The molecule has 0 saturated heterocycles. The van der Waals surface area contributed by atoms with Crippen molar-refractivity contribution < 1.29 is 14.0 Å². The topological polar surface area (TPSA) is 84.6 Å². The zero-order chi connectivity index (χ0) is 24.2. The van der Waals surface area contributed by atoms with Gasteiger partial charge in [0, 0.05) is 35.6 Å². The molecule has 0 aliphatic rings. The van der Waals surface area contributed by atoms with Gasteiger partial charge in [-0.2, -0.15) is 0 Å². The third-order valence-corrected chi connectivity index (χ3v) is 6.41. The summed E-state index contributed by atoms with van der Waals surface area (Å²) in [5.41, 5.74) is -0.786. The molecule has 4 aromatic rings. The summed E-state index contributed by atoms with van der Waals surface area (Å²) < 4.78 is 8.39. The van der Waals surface area contributed by atoms with Gasteiger partial charge in [-0.3, -0.25) is 14.4 Å². The van der Waals surface area contributed by atoms with Gasteiger partial charge in [0.15, 0.2) is 0 Å². The Hall–Kier alpha value is -3.91. The summed E-state index contributed by atoms with van der Waals surface area (Å²) in [6.07, 6.45) is 4.45. The highest BCUT2D eigenvalue weighted by molar-refractivity contribution is 7.19. The van der Waals surface area contributed by atoms with E-state index < -0.39 is 17.2 Å². The molecular weight excluding hydrogens is 450 g/mol. The monoisotopic (exact) mass is 475 g/mol. The lowest BCUT2D eigenvalue weighted by molar-refractivity contribution is 0.0784. The minimum absolute atomic E-state index is 0.0712. The molecule has 0 spiro atoms. The maximum Gasteiger partial charge on any atom is 0.259 e. The molecule has 3 heterocycles. The molecule has 34 heavy (non-hydrogen) atoms. The van der Waals surface area contributed by atoms with Crippen molar-refractivity contribution in [1.29, 1.82) is 0 Å². The molecule has 0 aliphatic heterocycles. The fraction of sp³-hybridized carbons (Fsp3) is 0.192. The molecule has 0 fully saturated rings. The number of carbonyl (C=O) groups is 2. The number of nitrogens with one attached hydrogen (secondary N) is 1. The van der Waals surface area contributed by atoms with Gasteiger partial charge >= 0.3 is 0 Å². The van der Waals surface area contributed by atoms with E-state index in [1.165, 1.54) is 23.4 Å². The predicted molar refractivity (Wildman–Crippen MR) is 133 cm³/mol. The number of amides is 2. The van der Waals surface area contributed by atoms with E-state index in [1.54, 1.807) is 23.0 Å². The molecule has 0 unspecified atom stereocenters. The van der Waals surface area contributed by atoms with Crippen LogP contribution in [0.5, 0.6) is 0 Å². The summed E-state index contributed by atoms with van der Waals surface area (Å²) in [7, 11) is 1.65. The lowest BCUT2D eigenvalue weighted by Gasteiger charge is -2.17. The van der Waals surface area contributed by atoms with Crippen LogP contribution in [0.3, 0.4) is 0 Å². The molecule has 2 amide bonds. The molecule has 4 rings (SSSR count). The maximum absolute atomic E-state index is 13.3. The number of hydrogen-bond donors (Lipinski definition) is 1. The number of aryl methyl sites for hydroxylation is 1. The normalized spacial score (nSPS) is 10.9. The SMILES string of the molecule is C=CCNC(=O)c1cn(Cc2ccc(C)o2)cc(C(=O)N(C)Cc2cc3ccccc3s2)c1=O. The Bertz CT molecular complexity index is 1400. The molecular formula is C26H25N3O4S. The zero-order valence-electron chi connectivity index (χ0n) is 19.0.